The summed E-state index contributed by atoms with van der Waals surface area (Å²) >= 11 is 1.51. The second-order valence-corrected chi connectivity index (χ2v) is 7.44. The summed E-state index contributed by atoms with van der Waals surface area (Å²) < 4.78 is 2.09. The summed E-state index contributed by atoms with van der Waals surface area (Å²) in [7, 11) is 0. The molecule has 2 aromatic carbocycles. The molecule has 138 valence electrons. The summed E-state index contributed by atoms with van der Waals surface area (Å²) in [6.45, 7) is 4.85. The molecule has 0 aliphatic heterocycles. The number of hydrogen-bond donors (Lipinski definition) is 0. The van der Waals surface area contributed by atoms with Crippen LogP contribution in [0.5, 0.6) is 0 Å². The van der Waals surface area contributed by atoms with Gasteiger partial charge >= 0.3 is 34.9 Å². The molecule has 4 rings (SSSR count). The Kier molecular flexibility index (Phi) is 14.6. The van der Waals surface area contributed by atoms with Crippen LogP contribution in [0.15, 0.2) is 36.4 Å². The minimum absolute atomic E-state index is 0. The Morgan fingerprint density at radius 2 is 1.24 bits per heavy atom. The Morgan fingerprint density at radius 1 is 0.920 bits per heavy atom. The molecule has 0 N–H and O–H groups in total. The number of carbonyl (C=O) groups is 1. The predicted molar refractivity (Wildman–Crippen MR) is 107 cm³/mol. The fourth-order valence-electron chi connectivity index (χ4n) is 3.23. The van der Waals surface area contributed by atoms with Gasteiger partial charge in [-0.15, -0.1) is 0 Å². The second kappa shape index (κ2) is 15.3. The average molecular weight is 416 g/mol. The minimum Gasteiger partial charge on any atom is -0.358 e. The molecule has 0 amide bonds. The van der Waals surface area contributed by atoms with Gasteiger partial charge in [0.1, 0.15) is 0 Å². The zero-order chi connectivity index (χ0) is 17.6. The van der Waals surface area contributed by atoms with Crippen LogP contribution < -0.4 is 0 Å². The number of rotatable bonds is 0. The number of carbonyl (C=O) groups excluding carboxylic acids is 1. The van der Waals surface area contributed by atoms with E-state index in [0.29, 0.717) is 6.29 Å². The van der Waals surface area contributed by atoms with E-state index in [2.05, 4.69) is 47.0 Å². The van der Waals surface area contributed by atoms with E-state index in [1.54, 1.807) is 22.3 Å². The molecule has 0 saturated carbocycles. The third-order valence-corrected chi connectivity index (χ3v) is 4.30. The minimum atomic E-state index is 0. The number of aryl methyl sites for hydroxylation is 4. The van der Waals surface area contributed by atoms with Gasteiger partial charge in [-0.1, -0.05) is 51.4 Å². The van der Waals surface area contributed by atoms with Crippen LogP contribution in [0.2, 0.25) is 0 Å². The Balaban J connectivity index is 0.000000344. The van der Waals surface area contributed by atoms with Gasteiger partial charge in [0.15, 0.2) is 0 Å². The first-order chi connectivity index (χ1) is 11.8. The quantitative estimate of drug-likeness (QED) is 0.416. The van der Waals surface area contributed by atoms with Crippen molar-refractivity contribution in [3.05, 3.63) is 73.0 Å². The topological polar surface area (TPSA) is 17.1 Å². The SMILES string of the molecule is C[CH]=[Zr].[CH2-]C=O.[CH3-].c1cc2c([cH-]1)CCCC2.c1cc2c([cH-]1)CCCC2. The van der Waals surface area contributed by atoms with Gasteiger partial charge in [-0.2, -0.15) is 46.5 Å². The maximum atomic E-state index is 8.69. The van der Waals surface area contributed by atoms with Crippen molar-refractivity contribution in [3.8, 4) is 0 Å². The second-order valence-electron chi connectivity index (χ2n) is 6.02. The summed E-state index contributed by atoms with van der Waals surface area (Å²) in [6, 6.07) is 13.4. The Labute approximate surface area is 169 Å². The molecule has 2 aromatic rings. The molecule has 2 aliphatic carbocycles. The van der Waals surface area contributed by atoms with Crippen LogP contribution in [-0.2, 0) is 54.7 Å². The maximum absolute atomic E-state index is 8.69. The van der Waals surface area contributed by atoms with E-state index in [1.165, 1.54) is 75.6 Å². The van der Waals surface area contributed by atoms with Crippen molar-refractivity contribution in [1.29, 1.82) is 0 Å². The maximum Gasteiger partial charge on any atom is -0.0180 e. The van der Waals surface area contributed by atoms with Crippen LogP contribution in [0, 0.1) is 14.4 Å². The monoisotopic (exact) mass is 414 g/mol. The van der Waals surface area contributed by atoms with E-state index in [0.717, 1.165) is 0 Å². The van der Waals surface area contributed by atoms with E-state index in [9.17, 15) is 0 Å². The molecule has 2 heteroatoms. The van der Waals surface area contributed by atoms with Gasteiger partial charge in [-0.25, -0.2) is 12.1 Å². The molecule has 0 atom stereocenters. The van der Waals surface area contributed by atoms with Crippen LogP contribution in [0.3, 0.4) is 0 Å². The summed E-state index contributed by atoms with van der Waals surface area (Å²) in [6.07, 6.45) is 11.4. The van der Waals surface area contributed by atoms with Crippen molar-refractivity contribution < 1.29 is 29.0 Å². The molecule has 0 heterocycles. The van der Waals surface area contributed by atoms with Gasteiger partial charge < -0.3 is 19.1 Å². The van der Waals surface area contributed by atoms with Crippen LogP contribution in [0.4, 0.5) is 0 Å². The van der Waals surface area contributed by atoms with Gasteiger partial charge in [0.2, 0.25) is 0 Å². The van der Waals surface area contributed by atoms with Crippen LogP contribution >= 0.6 is 0 Å². The van der Waals surface area contributed by atoms with Crippen molar-refractivity contribution in [1.82, 2.24) is 0 Å². The molecule has 2 aliphatic rings. The van der Waals surface area contributed by atoms with Crippen LogP contribution in [0.25, 0.3) is 0 Å². The van der Waals surface area contributed by atoms with Gasteiger partial charge in [-0.3, -0.25) is 0 Å². The summed E-state index contributed by atoms with van der Waals surface area (Å²) in [4.78, 5) is 8.69. The predicted octanol–water partition coefficient (Wildman–Crippen LogP) is 5.39. The molecule has 0 radical (unpaired) electrons. The first-order valence-corrected chi connectivity index (χ1v) is 10.3. The van der Waals surface area contributed by atoms with Crippen molar-refractivity contribution in [2.24, 2.45) is 0 Å². The number of fused-ring (bicyclic) bond motifs is 2. The van der Waals surface area contributed by atoms with Gasteiger partial charge in [0.05, 0.1) is 0 Å². The summed E-state index contributed by atoms with van der Waals surface area (Å²) in [5, 5.41) is 0. The van der Waals surface area contributed by atoms with E-state index in [4.69, 9.17) is 4.79 Å². The molecular formula is C23H32OZr-4. The normalized spacial score (nSPS) is 13.4. The van der Waals surface area contributed by atoms with E-state index in [-0.39, 0.29) is 7.43 Å². The van der Waals surface area contributed by atoms with Gasteiger partial charge in [0.25, 0.3) is 0 Å². The smallest absolute Gasteiger partial charge is 0.0180 e. The fraction of sp³-hybridized carbons (Fsp3) is 0.391. The average Bonchev–Trinajstić information content (AvgIpc) is 3.26. The van der Waals surface area contributed by atoms with Crippen LogP contribution in [0.1, 0.15) is 54.9 Å². The third kappa shape index (κ3) is 9.31. The van der Waals surface area contributed by atoms with E-state index >= 15 is 0 Å². The van der Waals surface area contributed by atoms with Crippen molar-refractivity contribution in [2.75, 3.05) is 0 Å². The molecule has 1 nitrogen and oxygen atoms in total. The van der Waals surface area contributed by atoms with Crippen LogP contribution in [-0.4, -0.2) is 10.00 Å². The van der Waals surface area contributed by atoms with Gasteiger partial charge in [0, 0.05) is 0 Å². The van der Waals surface area contributed by atoms with E-state index in [1.807, 2.05) is 6.92 Å². The summed E-state index contributed by atoms with van der Waals surface area (Å²) in [5.41, 5.74) is 6.39. The van der Waals surface area contributed by atoms with Crippen molar-refractivity contribution in [2.45, 2.75) is 58.3 Å². The Morgan fingerprint density at radius 3 is 1.56 bits per heavy atom. The van der Waals surface area contributed by atoms with Crippen molar-refractivity contribution in [3.63, 3.8) is 0 Å². The molecule has 0 bridgehead atoms. The standard InChI is InChI=1S/2C9H11.C2H3O.C2H4.CH3.Zr/c2*1-2-5-9-7-3-6-8(9)4-1;1-2-3;1-2;;/h2*3,6-7H,1-2,4-5H2;2H,1H2;1H,2H3;1H3;/q3*-1;;-1;. The molecule has 25 heavy (non-hydrogen) atoms. The first-order valence-electron chi connectivity index (χ1n) is 8.91. The number of hydrogen-bond acceptors (Lipinski definition) is 1. The first kappa shape index (κ1) is 24.0. The van der Waals surface area contributed by atoms with Crippen molar-refractivity contribution >= 4 is 10.00 Å². The Bertz CT molecular complexity index is 483. The fourth-order valence-corrected chi connectivity index (χ4v) is 3.23. The molecule has 0 unspecified atom stereocenters. The van der Waals surface area contributed by atoms with E-state index < -0.39 is 0 Å². The largest absolute Gasteiger partial charge is 0.358 e. The molecule has 0 aromatic heterocycles. The molecule has 0 fully saturated rings. The molecular weight excluding hydrogens is 383 g/mol. The zero-order valence-corrected chi connectivity index (χ0v) is 18.3. The molecule has 0 spiro atoms. The number of aldehydes is 1. The summed E-state index contributed by atoms with van der Waals surface area (Å²) in [5.74, 6) is 0. The molecule has 0 saturated heterocycles. The third-order valence-electron chi connectivity index (χ3n) is 4.30. The van der Waals surface area contributed by atoms with Gasteiger partial charge in [-0.05, 0) is 6.29 Å². The Hall–Kier alpha value is -1.01. The zero-order valence-electron chi connectivity index (χ0n) is 15.9.